The van der Waals surface area contributed by atoms with Crippen LogP contribution < -0.4 is 26.7 Å². The molecule has 4 rings (SSSR count). The second kappa shape index (κ2) is 9.25. The van der Waals surface area contributed by atoms with Gasteiger partial charge < -0.3 is 10.5 Å². The first kappa shape index (κ1) is 22.8. The van der Waals surface area contributed by atoms with Crippen LogP contribution in [0.1, 0.15) is 16.7 Å². The van der Waals surface area contributed by atoms with Crippen LogP contribution in [0.4, 0.5) is 4.39 Å². The number of methoxy groups -OCH3 is 1. The second-order valence-corrected chi connectivity index (χ2v) is 8.28. The SMILES string of the molecule is C=c1cc(OC)c(/C=C/c2ccsc2)c/c1=c1/c(=C\N)n(C)c(=O)n1-c1ccc(C#N)cc1F. The van der Waals surface area contributed by atoms with E-state index in [-0.39, 0.29) is 11.3 Å². The highest BCUT2D eigenvalue weighted by molar-refractivity contribution is 7.08. The molecule has 0 unspecified atom stereocenters. The number of nitriles is 1. The van der Waals surface area contributed by atoms with E-state index in [9.17, 15) is 4.79 Å². The van der Waals surface area contributed by atoms with Crippen molar-refractivity contribution >= 4 is 36.3 Å². The van der Waals surface area contributed by atoms with Crippen molar-refractivity contribution in [2.75, 3.05) is 7.11 Å². The molecule has 2 aromatic heterocycles. The maximum absolute atomic E-state index is 15.0. The average Bonchev–Trinajstić information content (AvgIpc) is 3.44. The highest BCUT2D eigenvalue weighted by Crippen LogP contribution is 2.20. The van der Waals surface area contributed by atoms with Crippen molar-refractivity contribution in [3.05, 3.63) is 101 Å². The molecule has 2 heterocycles. The van der Waals surface area contributed by atoms with E-state index >= 15 is 4.39 Å². The molecule has 2 aromatic carbocycles. The number of hydrogen-bond donors (Lipinski definition) is 1. The van der Waals surface area contributed by atoms with Crippen molar-refractivity contribution < 1.29 is 9.13 Å². The highest BCUT2D eigenvalue weighted by Gasteiger charge is 2.15. The lowest BCUT2D eigenvalue weighted by Gasteiger charge is -2.07. The summed E-state index contributed by atoms with van der Waals surface area (Å²) in [5.41, 5.74) is 7.38. The van der Waals surface area contributed by atoms with Crippen LogP contribution in [0.2, 0.25) is 0 Å². The van der Waals surface area contributed by atoms with Crippen LogP contribution in [0.25, 0.3) is 30.6 Å². The van der Waals surface area contributed by atoms with Crippen LogP contribution in [0.15, 0.2) is 52.0 Å². The predicted octanol–water partition coefficient (Wildman–Crippen LogP) is 2.82. The summed E-state index contributed by atoms with van der Waals surface area (Å²) in [6.07, 6.45) is 5.16. The van der Waals surface area contributed by atoms with E-state index in [1.54, 1.807) is 31.6 Å². The Bertz CT molecular complexity index is 1730. The van der Waals surface area contributed by atoms with Gasteiger partial charge in [0.05, 0.1) is 35.1 Å². The quantitative estimate of drug-likeness (QED) is 0.495. The number of nitrogens with zero attached hydrogens (tertiary/aromatic N) is 3. The van der Waals surface area contributed by atoms with Crippen LogP contribution in [-0.4, -0.2) is 16.2 Å². The first-order valence-corrected chi connectivity index (χ1v) is 11.1. The van der Waals surface area contributed by atoms with Gasteiger partial charge in [-0.3, -0.25) is 9.13 Å². The fraction of sp³-hybridized carbons (Fsp3) is 0.0769. The third kappa shape index (κ3) is 3.93. The molecule has 0 aliphatic heterocycles. The molecule has 0 amide bonds. The minimum Gasteiger partial charge on any atom is -0.496 e. The van der Waals surface area contributed by atoms with Crippen LogP contribution in [0.3, 0.4) is 0 Å². The molecule has 0 aliphatic carbocycles. The van der Waals surface area contributed by atoms with Crippen molar-refractivity contribution in [3.8, 4) is 17.5 Å². The Balaban J connectivity index is 2.17. The van der Waals surface area contributed by atoms with E-state index < -0.39 is 11.5 Å². The summed E-state index contributed by atoms with van der Waals surface area (Å²) in [7, 11) is 3.13. The van der Waals surface area contributed by atoms with Gasteiger partial charge in [-0.05, 0) is 57.9 Å². The predicted molar refractivity (Wildman–Crippen MR) is 133 cm³/mol. The molecule has 0 bridgehead atoms. The molecular weight excluding hydrogens is 451 g/mol. The van der Waals surface area contributed by atoms with Gasteiger partial charge in [0.15, 0.2) is 0 Å². The minimum atomic E-state index is -0.701. The highest BCUT2D eigenvalue weighted by atomic mass is 32.1. The Kier molecular flexibility index (Phi) is 6.21. The van der Waals surface area contributed by atoms with E-state index in [1.165, 1.54) is 27.5 Å². The Labute approximate surface area is 198 Å². The first-order valence-electron chi connectivity index (χ1n) is 10.2. The summed E-state index contributed by atoms with van der Waals surface area (Å²) >= 11 is 1.59. The average molecular weight is 473 g/mol. The molecule has 170 valence electrons. The zero-order chi connectivity index (χ0) is 24.4. The minimum absolute atomic E-state index is 0.00767. The normalized spacial score (nSPS) is 12.8. The van der Waals surface area contributed by atoms with Gasteiger partial charge in [-0.15, -0.1) is 0 Å². The number of aromatic nitrogens is 2. The van der Waals surface area contributed by atoms with E-state index in [1.807, 2.05) is 41.1 Å². The Morgan fingerprint density at radius 1 is 1.24 bits per heavy atom. The lowest BCUT2D eigenvalue weighted by Crippen LogP contribution is -2.26. The van der Waals surface area contributed by atoms with Gasteiger partial charge in [0.1, 0.15) is 11.6 Å². The van der Waals surface area contributed by atoms with Gasteiger partial charge in [0.2, 0.25) is 0 Å². The maximum Gasteiger partial charge on any atom is 0.333 e. The van der Waals surface area contributed by atoms with Gasteiger partial charge in [-0.1, -0.05) is 18.7 Å². The topological polar surface area (TPSA) is 86.0 Å². The molecule has 6 nitrogen and oxygen atoms in total. The Morgan fingerprint density at radius 2 is 2.03 bits per heavy atom. The third-order valence-electron chi connectivity index (χ3n) is 5.49. The maximum atomic E-state index is 15.0. The number of hydrogen-bond acceptors (Lipinski definition) is 5. The molecule has 0 saturated carbocycles. The van der Waals surface area contributed by atoms with Crippen molar-refractivity contribution in [1.82, 2.24) is 9.13 Å². The molecule has 34 heavy (non-hydrogen) atoms. The number of imidazole rings is 1. The monoisotopic (exact) mass is 472 g/mol. The van der Waals surface area contributed by atoms with Crippen LogP contribution in [0.5, 0.6) is 5.75 Å². The zero-order valence-corrected chi connectivity index (χ0v) is 19.4. The number of rotatable bonds is 4. The second-order valence-electron chi connectivity index (χ2n) is 7.50. The van der Waals surface area contributed by atoms with E-state index in [0.29, 0.717) is 26.9 Å². The first-order chi connectivity index (χ1) is 16.4. The summed E-state index contributed by atoms with van der Waals surface area (Å²) in [6, 6.07) is 11.5. The van der Waals surface area contributed by atoms with Crippen LogP contribution in [0, 0.1) is 27.7 Å². The molecule has 0 aliphatic rings. The van der Waals surface area contributed by atoms with Gasteiger partial charge in [0, 0.05) is 24.0 Å². The zero-order valence-electron chi connectivity index (χ0n) is 18.6. The Morgan fingerprint density at radius 3 is 2.65 bits per heavy atom. The fourth-order valence-electron chi connectivity index (χ4n) is 3.77. The third-order valence-corrected chi connectivity index (χ3v) is 6.19. The fourth-order valence-corrected chi connectivity index (χ4v) is 4.40. The van der Waals surface area contributed by atoms with E-state index in [2.05, 4.69) is 6.58 Å². The summed E-state index contributed by atoms with van der Waals surface area (Å²) in [6.45, 7) is 4.14. The van der Waals surface area contributed by atoms with Crippen LogP contribution in [-0.2, 0) is 7.05 Å². The van der Waals surface area contributed by atoms with E-state index in [0.717, 1.165) is 17.2 Å². The molecular formula is C26H21FN4O2S. The number of nitrogens with two attached hydrogens (primary N) is 1. The number of halogens is 1. The molecule has 0 atom stereocenters. The Hall–Kier alpha value is -4.35. The van der Waals surface area contributed by atoms with Crippen LogP contribution >= 0.6 is 11.3 Å². The molecule has 0 fully saturated rings. The van der Waals surface area contributed by atoms with Crippen molar-refractivity contribution in [2.45, 2.75) is 0 Å². The van der Waals surface area contributed by atoms with Crippen molar-refractivity contribution in [2.24, 2.45) is 12.8 Å². The summed E-state index contributed by atoms with van der Waals surface area (Å²) < 4.78 is 23.2. The summed E-state index contributed by atoms with van der Waals surface area (Å²) in [4.78, 5) is 13.2. The number of benzene rings is 2. The molecule has 0 saturated heterocycles. The largest absolute Gasteiger partial charge is 0.496 e. The van der Waals surface area contributed by atoms with Gasteiger partial charge in [0.25, 0.3) is 0 Å². The molecule has 0 radical (unpaired) electrons. The number of thiophene rings is 1. The van der Waals surface area contributed by atoms with Gasteiger partial charge in [-0.2, -0.15) is 16.6 Å². The molecule has 2 N–H and O–H groups in total. The lowest BCUT2D eigenvalue weighted by molar-refractivity contribution is 0.413. The molecule has 0 spiro atoms. The van der Waals surface area contributed by atoms with E-state index in [4.69, 9.17) is 15.7 Å². The smallest absolute Gasteiger partial charge is 0.333 e. The molecule has 8 heteroatoms. The van der Waals surface area contributed by atoms with Crippen molar-refractivity contribution in [3.63, 3.8) is 0 Å². The number of ether oxygens (including phenoxy) is 1. The van der Waals surface area contributed by atoms with Gasteiger partial charge >= 0.3 is 5.69 Å². The van der Waals surface area contributed by atoms with Gasteiger partial charge in [-0.25, -0.2) is 9.18 Å². The summed E-state index contributed by atoms with van der Waals surface area (Å²) in [5, 5.41) is 15.0. The summed E-state index contributed by atoms with van der Waals surface area (Å²) in [5.74, 6) is -0.0961. The molecule has 4 aromatic rings. The standard InChI is InChI=1S/C26H21FN4O2S/c1-16-10-24(33-3)19(6-4-17-8-9-34-15-17)12-20(16)25-23(14-29)30(2)26(32)31(25)22-7-5-18(13-28)11-21(22)27/h4-12,14-15H,1,29H2,2-3H3/b6-4+,23-14+,25-20+. The van der Waals surface area contributed by atoms with Crippen molar-refractivity contribution in [1.29, 1.82) is 5.26 Å². The lowest BCUT2D eigenvalue weighted by atomic mass is 10.1.